The second kappa shape index (κ2) is 9.81. The van der Waals surface area contributed by atoms with Crippen molar-refractivity contribution in [3.63, 3.8) is 0 Å². The first kappa shape index (κ1) is 18.0. The molecule has 2 aliphatic carbocycles. The zero-order valence-electron chi connectivity index (χ0n) is 12.8. The second-order valence-corrected chi connectivity index (χ2v) is 6.03. The molecule has 0 spiro atoms. The van der Waals surface area contributed by atoms with Gasteiger partial charge >= 0.3 is 5.97 Å². The maximum absolute atomic E-state index is 11.6. The summed E-state index contributed by atoms with van der Waals surface area (Å²) in [5.41, 5.74) is -0.335. The second-order valence-electron chi connectivity index (χ2n) is 6.03. The molecule has 2 saturated carbocycles. The van der Waals surface area contributed by atoms with Crippen LogP contribution in [-0.4, -0.2) is 34.5 Å². The Hall–Kier alpha value is -1.05. The quantitative estimate of drug-likeness (QED) is 0.684. The minimum Gasteiger partial charge on any atom is -0.481 e. The Balaban J connectivity index is 0.000000315. The lowest BCUT2D eigenvalue weighted by atomic mass is 9.62. The van der Waals surface area contributed by atoms with Crippen molar-refractivity contribution in [1.29, 1.82) is 0 Å². The van der Waals surface area contributed by atoms with Crippen LogP contribution in [0.2, 0.25) is 0 Å². The SMILES string of the molecule is O=C(O)C1(C2CCCCC2)CCCCC1.OCC#CCO. The van der Waals surface area contributed by atoms with E-state index in [1.165, 1.54) is 25.7 Å². The van der Waals surface area contributed by atoms with Gasteiger partial charge in [-0.1, -0.05) is 50.4 Å². The smallest absolute Gasteiger partial charge is 0.309 e. The van der Waals surface area contributed by atoms with Gasteiger partial charge in [-0.05, 0) is 31.6 Å². The molecule has 120 valence electrons. The molecule has 4 heteroatoms. The molecule has 2 aliphatic rings. The fourth-order valence-corrected chi connectivity index (χ4v) is 3.75. The van der Waals surface area contributed by atoms with E-state index in [0.29, 0.717) is 5.92 Å². The zero-order valence-corrected chi connectivity index (χ0v) is 12.8. The van der Waals surface area contributed by atoms with E-state index in [9.17, 15) is 9.90 Å². The highest BCUT2D eigenvalue weighted by Gasteiger charge is 2.46. The van der Waals surface area contributed by atoms with E-state index in [2.05, 4.69) is 11.8 Å². The summed E-state index contributed by atoms with van der Waals surface area (Å²) < 4.78 is 0. The summed E-state index contributed by atoms with van der Waals surface area (Å²) >= 11 is 0. The molecule has 0 radical (unpaired) electrons. The number of hydrogen-bond donors (Lipinski definition) is 3. The molecule has 0 amide bonds. The molecule has 4 nitrogen and oxygen atoms in total. The molecule has 0 aliphatic heterocycles. The first-order valence-electron chi connectivity index (χ1n) is 8.08. The third kappa shape index (κ3) is 5.33. The van der Waals surface area contributed by atoms with Crippen molar-refractivity contribution >= 4 is 5.97 Å². The summed E-state index contributed by atoms with van der Waals surface area (Å²) in [4.78, 5) is 11.6. The Bertz CT molecular complexity index is 347. The van der Waals surface area contributed by atoms with E-state index in [0.717, 1.165) is 38.5 Å². The molecule has 0 unspecified atom stereocenters. The molecular weight excluding hydrogens is 268 g/mol. The Morgan fingerprint density at radius 3 is 1.81 bits per heavy atom. The molecule has 0 saturated heterocycles. The summed E-state index contributed by atoms with van der Waals surface area (Å²) in [6, 6.07) is 0. The summed E-state index contributed by atoms with van der Waals surface area (Å²) in [5, 5.41) is 25.4. The normalized spacial score (nSPS) is 21.4. The third-order valence-corrected chi connectivity index (χ3v) is 4.84. The van der Waals surface area contributed by atoms with Crippen LogP contribution in [0.1, 0.15) is 64.2 Å². The van der Waals surface area contributed by atoms with Crippen molar-refractivity contribution in [3.8, 4) is 11.8 Å². The van der Waals surface area contributed by atoms with Crippen LogP contribution in [0.4, 0.5) is 0 Å². The Morgan fingerprint density at radius 2 is 1.38 bits per heavy atom. The predicted molar refractivity (Wildman–Crippen MR) is 81.7 cm³/mol. The molecule has 2 rings (SSSR count). The van der Waals surface area contributed by atoms with Crippen molar-refractivity contribution in [1.82, 2.24) is 0 Å². The molecule has 0 heterocycles. The van der Waals surface area contributed by atoms with E-state index in [4.69, 9.17) is 10.2 Å². The number of aliphatic hydroxyl groups is 2. The van der Waals surface area contributed by atoms with E-state index in [1.807, 2.05) is 0 Å². The third-order valence-electron chi connectivity index (χ3n) is 4.84. The standard InChI is InChI=1S/C13H22O2.C4H6O2/c14-12(15)13(9-5-2-6-10-13)11-7-3-1-4-8-11;5-3-1-2-4-6/h11H,1-10H2,(H,14,15);5-6H,3-4H2. The Kier molecular flexibility index (Phi) is 8.41. The average Bonchev–Trinajstić information content (AvgIpc) is 2.55. The molecule has 2 fully saturated rings. The monoisotopic (exact) mass is 296 g/mol. The Morgan fingerprint density at radius 1 is 0.905 bits per heavy atom. The first-order valence-corrected chi connectivity index (χ1v) is 8.08. The highest BCUT2D eigenvalue weighted by molar-refractivity contribution is 5.75. The maximum Gasteiger partial charge on any atom is 0.309 e. The van der Waals surface area contributed by atoms with Crippen LogP contribution in [0.25, 0.3) is 0 Å². The van der Waals surface area contributed by atoms with Crippen LogP contribution in [0.5, 0.6) is 0 Å². The number of hydrogen-bond acceptors (Lipinski definition) is 3. The van der Waals surface area contributed by atoms with Gasteiger partial charge in [-0.25, -0.2) is 0 Å². The van der Waals surface area contributed by atoms with Gasteiger partial charge in [-0.15, -0.1) is 0 Å². The minimum atomic E-state index is -0.505. The van der Waals surface area contributed by atoms with Gasteiger partial charge in [0.1, 0.15) is 13.2 Å². The largest absolute Gasteiger partial charge is 0.481 e. The fourth-order valence-electron chi connectivity index (χ4n) is 3.75. The van der Waals surface area contributed by atoms with Gasteiger partial charge in [0, 0.05) is 0 Å². The van der Waals surface area contributed by atoms with Crippen molar-refractivity contribution in [2.75, 3.05) is 13.2 Å². The van der Waals surface area contributed by atoms with Crippen LogP contribution in [0.15, 0.2) is 0 Å². The average molecular weight is 296 g/mol. The van der Waals surface area contributed by atoms with E-state index >= 15 is 0 Å². The zero-order chi connectivity index (χ0) is 15.6. The van der Waals surface area contributed by atoms with Crippen molar-refractivity contribution < 1.29 is 20.1 Å². The van der Waals surface area contributed by atoms with Crippen LogP contribution < -0.4 is 0 Å². The molecule has 0 aromatic heterocycles. The van der Waals surface area contributed by atoms with Crippen LogP contribution in [-0.2, 0) is 4.79 Å². The van der Waals surface area contributed by atoms with Gasteiger partial charge in [-0.2, -0.15) is 0 Å². The number of carboxylic acid groups (broad SMARTS) is 1. The lowest BCUT2D eigenvalue weighted by Crippen LogP contribution is -2.41. The topological polar surface area (TPSA) is 77.8 Å². The van der Waals surface area contributed by atoms with Gasteiger partial charge < -0.3 is 15.3 Å². The molecule has 0 atom stereocenters. The van der Waals surface area contributed by atoms with E-state index < -0.39 is 5.97 Å². The molecular formula is C17H28O4. The lowest BCUT2D eigenvalue weighted by Gasteiger charge is -2.42. The lowest BCUT2D eigenvalue weighted by molar-refractivity contribution is -0.156. The summed E-state index contributed by atoms with van der Waals surface area (Å²) in [5.74, 6) is 4.48. The molecule has 0 aromatic rings. The number of carboxylic acids is 1. The van der Waals surface area contributed by atoms with Gasteiger partial charge in [-0.3, -0.25) is 4.79 Å². The van der Waals surface area contributed by atoms with Crippen molar-refractivity contribution in [2.24, 2.45) is 11.3 Å². The van der Waals surface area contributed by atoms with Gasteiger partial charge in [0.25, 0.3) is 0 Å². The molecule has 21 heavy (non-hydrogen) atoms. The molecule has 3 N–H and O–H groups in total. The highest BCUT2D eigenvalue weighted by atomic mass is 16.4. The molecule has 0 aromatic carbocycles. The van der Waals surface area contributed by atoms with E-state index in [-0.39, 0.29) is 18.6 Å². The number of carbonyl (C=O) groups is 1. The van der Waals surface area contributed by atoms with E-state index in [1.54, 1.807) is 0 Å². The first-order chi connectivity index (χ1) is 10.2. The summed E-state index contributed by atoms with van der Waals surface area (Å²) in [7, 11) is 0. The van der Waals surface area contributed by atoms with Gasteiger partial charge in [0.05, 0.1) is 5.41 Å². The van der Waals surface area contributed by atoms with Crippen LogP contribution in [0, 0.1) is 23.2 Å². The Labute approximate surface area is 127 Å². The predicted octanol–water partition coefficient (Wildman–Crippen LogP) is 2.58. The number of aliphatic hydroxyl groups excluding tert-OH is 2. The summed E-state index contributed by atoms with van der Waals surface area (Å²) in [6.45, 7) is -0.332. The van der Waals surface area contributed by atoms with Crippen LogP contribution in [0.3, 0.4) is 0 Å². The summed E-state index contributed by atoms with van der Waals surface area (Å²) in [6.07, 6.45) is 11.5. The van der Waals surface area contributed by atoms with Gasteiger partial charge in [0.2, 0.25) is 0 Å². The maximum atomic E-state index is 11.6. The fraction of sp³-hybridized carbons (Fsp3) is 0.824. The highest BCUT2D eigenvalue weighted by Crippen LogP contribution is 2.48. The number of aliphatic carboxylic acids is 1. The van der Waals surface area contributed by atoms with Gasteiger partial charge in [0.15, 0.2) is 0 Å². The van der Waals surface area contributed by atoms with Crippen molar-refractivity contribution in [3.05, 3.63) is 0 Å². The van der Waals surface area contributed by atoms with Crippen LogP contribution >= 0.6 is 0 Å². The minimum absolute atomic E-state index is 0.166. The molecule has 0 bridgehead atoms. The van der Waals surface area contributed by atoms with Crippen molar-refractivity contribution in [2.45, 2.75) is 64.2 Å². The number of rotatable bonds is 2.